The zero-order chi connectivity index (χ0) is 18.9. The summed E-state index contributed by atoms with van der Waals surface area (Å²) >= 11 is 11.1. The van der Waals surface area contributed by atoms with Crippen LogP contribution in [0.1, 0.15) is 11.1 Å². The molecule has 0 unspecified atom stereocenters. The lowest BCUT2D eigenvalue weighted by Crippen LogP contribution is -2.23. The first kappa shape index (κ1) is 18.9. The van der Waals surface area contributed by atoms with E-state index in [2.05, 4.69) is 15.8 Å². The number of hydrogen-bond acceptors (Lipinski definition) is 3. The zero-order valence-corrected chi connectivity index (χ0v) is 16.0. The Kier molecular flexibility index (Phi) is 6.79. The van der Waals surface area contributed by atoms with Gasteiger partial charge in [-0.25, -0.2) is 0 Å². The minimum Gasteiger partial charge on any atom is -0.489 e. The summed E-state index contributed by atoms with van der Waals surface area (Å²) in [6.07, 6.45) is 1.69. The van der Waals surface area contributed by atoms with Gasteiger partial charge in [0.15, 0.2) is 5.11 Å². The van der Waals surface area contributed by atoms with Crippen LogP contribution in [0.3, 0.4) is 0 Å². The lowest BCUT2D eigenvalue weighted by molar-refractivity contribution is 0.306. The Labute approximate surface area is 168 Å². The minimum absolute atomic E-state index is 0.385. The van der Waals surface area contributed by atoms with E-state index in [0.717, 1.165) is 22.6 Å². The molecule has 136 valence electrons. The maximum Gasteiger partial charge on any atom is 0.191 e. The van der Waals surface area contributed by atoms with Gasteiger partial charge in [-0.1, -0.05) is 48.0 Å². The van der Waals surface area contributed by atoms with Crippen LogP contribution in [-0.4, -0.2) is 11.3 Å². The summed E-state index contributed by atoms with van der Waals surface area (Å²) in [5.74, 6) is 0.808. The van der Waals surface area contributed by atoms with Crippen molar-refractivity contribution < 1.29 is 4.74 Å². The average Bonchev–Trinajstić information content (AvgIpc) is 2.68. The number of nitrogens with one attached hydrogen (secondary N) is 2. The van der Waals surface area contributed by atoms with Crippen molar-refractivity contribution in [2.45, 2.75) is 6.61 Å². The normalized spacial score (nSPS) is 10.6. The van der Waals surface area contributed by atoms with E-state index in [0.29, 0.717) is 16.7 Å². The van der Waals surface area contributed by atoms with Gasteiger partial charge in [-0.3, -0.25) is 5.43 Å². The minimum atomic E-state index is 0.385. The predicted molar refractivity (Wildman–Crippen MR) is 116 cm³/mol. The highest BCUT2D eigenvalue weighted by Crippen LogP contribution is 2.15. The summed E-state index contributed by atoms with van der Waals surface area (Å²) in [4.78, 5) is 0. The molecular weight excluding hydrogens is 378 g/mol. The third-order valence-corrected chi connectivity index (χ3v) is 4.02. The summed E-state index contributed by atoms with van der Waals surface area (Å²) in [5, 5.41) is 8.17. The van der Waals surface area contributed by atoms with Crippen molar-refractivity contribution in [1.29, 1.82) is 0 Å². The summed E-state index contributed by atoms with van der Waals surface area (Å²) in [6.45, 7) is 0.541. The van der Waals surface area contributed by atoms with Gasteiger partial charge in [0.1, 0.15) is 12.4 Å². The van der Waals surface area contributed by atoms with Crippen molar-refractivity contribution in [1.82, 2.24) is 5.43 Å². The first-order chi connectivity index (χ1) is 13.2. The first-order valence-electron chi connectivity index (χ1n) is 8.31. The second kappa shape index (κ2) is 9.71. The summed E-state index contributed by atoms with van der Waals surface area (Å²) in [5.41, 5.74) is 5.64. The molecule has 0 fully saturated rings. The molecule has 27 heavy (non-hydrogen) atoms. The quantitative estimate of drug-likeness (QED) is 0.340. The van der Waals surface area contributed by atoms with Gasteiger partial charge >= 0.3 is 0 Å². The monoisotopic (exact) mass is 395 g/mol. The van der Waals surface area contributed by atoms with E-state index >= 15 is 0 Å². The maximum atomic E-state index is 5.94. The second-order valence-electron chi connectivity index (χ2n) is 5.68. The molecule has 0 radical (unpaired) electrons. The molecular formula is C21H18ClN3OS. The number of hydrogen-bond donors (Lipinski definition) is 2. The number of nitrogens with zero attached hydrogens (tertiary/aromatic N) is 1. The Morgan fingerprint density at radius 1 is 1.00 bits per heavy atom. The molecule has 0 aliphatic rings. The van der Waals surface area contributed by atoms with Crippen LogP contribution in [0, 0.1) is 0 Å². The van der Waals surface area contributed by atoms with Gasteiger partial charge in [0.05, 0.1) is 6.21 Å². The van der Waals surface area contributed by atoms with Gasteiger partial charge in [0.2, 0.25) is 0 Å². The molecule has 0 amide bonds. The zero-order valence-electron chi connectivity index (χ0n) is 14.4. The van der Waals surface area contributed by atoms with Gasteiger partial charge in [0.25, 0.3) is 0 Å². The van der Waals surface area contributed by atoms with Crippen molar-refractivity contribution >= 4 is 40.8 Å². The van der Waals surface area contributed by atoms with Gasteiger partial charge in [-0.05, 0) is 65.8 Å². The number of ether oxygens (including phenoxy) is 1. The molecule has 0 aromatic heterocycles. The van der Waals surface area contributed by atoms with E-state index < -0.39 is 0 Å². The Bertz CT molecular complexity index is 914. The first-order valence-corrected chi connectivity index (χ1v) is 9.10. The fourth-order valence-corrected chi connectivity index (χ4v) is 2.64. The van der Waals surface area contributed by atoms with E-state index in [1.54, 1.807) is 18.3 Å². The predicted octanol–water partition coefficient (Wildman–Crippen LogP) is 5.24. The number of halogens is 1. The second-order valence-corrected chi connectivity index (χ2v) is 6.52. The molecule has 4 nitrogen and oxygen atoms in total. The molecule has 0 saturated carbocycles. The van der Waals surface area contributed by atoms with Crippen molar-refractivity contribution in [3.8, 4) is 5.75 Å². The maximum absolute atomic E-state index is 5.94. The van der Waals surface area contributed by atoms with E-state index in [9.17, 15) is 0 Å². The van der Waals surface area contributed by atoms with Crippen LogP contribution in [0.5, 0.6) is 5.75 Å². The fourth-order valence-electron chi connectivity index (χ4n) is 2.28. The van der Waals surface area contributed by atoms with E-state index in [1.165, 1.54) is 0 Å². The highest BCUT2D eigenvalue weighted by molar-refractivity contribution is 7.80. The van der Waals surface area contributed by atoms with Crippen LogP contribution in [0.2, 0.25) is 5.02 Å². The van der Waals surface area contributed by atoms with Crippen LogP contribution in [0.4, 0.5) is 5.69 Å². The number of anilines is 1. The van der Waals surface area contributed by atoms with Crippen molar-refractivity contribution in [3.05, 3.63) is 95.0 Å². The van der Waals surface area contributed by atoms with Crippen LogP contribution < -0.4 is 15.5 Å². The smallest absolute Gasteiger partial charge is 0.191 e. The van der Waals surface area contributed by atoms with E-state index in [4.69, 9.17) is 28.6 Å². The SMILES string of the molecule is S=C(N/N=C/c1ccc(OCc2ccccc2)cc1)Nc1cccc(Cl)c1. The van der Waals surface area contributed by atoms with Crippen molar-refractivity contribution in [2.75, 3.05) is 5.32 Å². The molecule has 3 rings (SSSR count). The standard InChI is InChI=1S/C21H18ClN3OS/c22-18-7-4-8-19(13-18)24-21(27)25-23-14-16-9-11-20(12-10-16)26-15-17-5-2-1-3-6-17/h1-14H,15H2,(H2,24,25,27)/b23-14+. The number of hydrazone groups is 1. The lowest BCUT2D eigenvalue weighted by atomic mass is 10.2. The molecule has 0 aliphatic heterocycles. The molecule has 0 atom stereocenters. The van der Waals surface area contributed by atoms with Crippen LogP contribution in [0.15, 0.2) is 84.0 Å². The van der Waals surface area contributed by atoms with Crippen molar-refractivity contribution in [2.24, 2.45) is 5.10 Å². The topological polar surface area (TPSA) is 45.7 Å². The summed E-state index contributed by atoms with van der Waals surface area (Å²) in [6, 6.07) is 25.0. The van der Waals surface area contributed by atoms with Crippen LogP contribution >= 0.6 is 23.8 Å². The molecule has 6 heteroatoms. The Morgan fingerprint density at radius 3 is 2.52 bits per heavy atom. The highest BCUT2D eigenvalue weighted by atomic mass is 35.5. The Morgan fingerprint density at radius 2 is 1.78 bits per heavy atom. The Hall–Kier alpha value is -2.89. The molecule has 0 aliphatic carbocycles. The van der Waals surface area contributed by atoms with Crippen molar-refractivity contribution in [3.63, 3.8) is 0 Å². The van der Waals surface area contributed by atoms with Gasteiger partial charge < -0.3 is 10.1 Å². The lowest BCUT2D eigenvalue weighted by Gasteiger charge is -2.07. The highest BCUT2D eigenvalue weighted by Gasteiger charge is 1.98. The molecule has 0 spiro atoms. The third-order valence-electron chi connectivity index (χ3n) is 3.59. The van der Waals surface area contributed by atoms with Gasteiger partial charge in [-0.15, -0.1) is 0 Å². The number of benzene rings is 3. The average molecular weight is 396 g/mol. The summed E-state index contributed by atoms with van der Waals surface area (Å²) in [7, 11) is 0. The van der Waals surface area contributed by atoms with Crippen LogP contribution in [-0.2, 0) is 6.61 Å². The molecule has 2 N–H and O–H groups in total. The molecule has 3 aromatic carbocycles. The molecule has 0 bridgehead atoms. The van der Waals surface area contributed by atoms with E-state index in [1.807, 2.05) is 66.7 Å². The number of rotatable bonds is 6. The number of thiocarbonyl (C=S) groups is 1. The Balaban J connectivity index is 1.46. The molecule has 0 saturated heterocycles. The summed E-state index contributed by atoms with van der Waals surface area (Å²) < 4.78 is 5.76. The van der Waals surface area contributed by atoms with Gasteiger partial charge in [-0.2, -0.15) is 5.10 Å². The van der Waals surface area contributed by atoms with Gasteiger partial charge in [0, 0.05) is 10.7 Å². The van der Waals surface area contributed by atoms with Crippen LogP contribution in [0.25, 0.3) is 0 Å². The largest absolute Gasteiger partial charge is 0.489 e. The fraction of sp³-hybridized carbons (Fsp3) is 0.0476. The third kappa shape index (κ3) is 6.40. The molecule has 0 heterocycles. The molecule has 3 aromatic rings. The van der Waals surface area contributed by atoms with E-state index in [-0.39, 0.29) is 0 Å².